The van der Waals surface area contributed by atoms with Gasteiger partial charge in [0.05, 0.1) is 12.1 Å². The fourth-order valence-electron chi connectivity index (χ4n) is 11.4. The Morgan fingerprint density at radius 1 is 0.416 bits per heavy atom. The highest BCUT2D eigenvalue weighted by Crippen LogP contribution is 2.37. The molecule has 4 aromatic carbocycles. The number of nitrogens with zero attached hydrogens (tertiary/aromatic N) is 12. The number of benzene rings is 4. The van der Waals surface area contributed by atoms with Gasteiger partial charge in [-0.1, -0.05) is 56.0 Å². The lowest BCUT2D eigenvalue weighted by Gasteiger charge is -2.20. The second-order valence-electron chi connectivity index (χ2n) is 21.2. The fourth-order valence-corrected chi connectivity index (χ4v) is 11.4. The number of anilines is 4. The summed E-state index contributed by atoms with van der Waals surface area (Å²) in [5.41, 5.74) is 5.26. The van der Waals surface area contributed by atoms with Crippen molar-refractivity contribution in [1.82, 2.24) is 40.4 Å². The van der Waals surface area contributed by atoms with Crippen molar-refractivity contribution in [1.29, 1.82) is 10.5 Å². The summed E-state index contributed by atoms with van der Waals surface area (Å²) in [5.74, 6) is 4.05. The fraction of sp³-hybridized carbons (Fsp3) is 0.397. The van der Waals surface area contributed by atoms with E-state index < -0.39 is 0 Å². The van der Waals surface area contributed by atoms with E-state index in [4.69, 9.17) is 0 Å². The van der Waals surface area contributed by atoms with Crippen LogP contribution in [-0.4, -0.2) is 112 Å². The molecule has 2 N–H and O–H groups in total. The average molecular weight is 1030 g/mol. The van der Waals surface area contributed by atoms with Crippen molar-refractivity contribution in [2.24, 2.45) is 0 Å². The van der Waals surface area contributed by atoms with Gasteiger partial charge in [0.15, 0.2) is 12.4 Å². The van der Waals surface area contributed by atoms with Crippen LogP contribution in [0, 0.1) is 22.9 Å². The van der Waals surface area contributed by atoms with E-state index in [0.717, 1.165) is 85.9 Å². The highest BCUT2D eigenvalue weighted by atomic mass is 15.2. The first kappa shape index (κ1) is 55.5. The molecular formula is C63H78N14. The van der Waals surface area contributed by atoms with Crippen LogP contribution in [0.3, 0.4) is 0 Å². The summed E-state index contributed by atoms with van der Waals surface area (Å²) in [6, 6.07) is 36.2. The number of likely N-dealkylation sites (tertiary alicyclic amines) is 2. The molecule has 4 aliphatic rings. The molecule has 4 saturated heterocycles. The maximum absolute atomic E-state index is 9.19. The summed E-state index contributed by atoms with van der Waals surface area (Å²) >= 11 is 0. The minimum Gasteiger partial charge on any atom is -0.362 e. The summed E-state index contributed by atoms with van der Waals surface area (Å²) in [6.45, 7) is 4.03. The lowest BCUT2D eigenvalue weighted by atomic mass is 10.0. The quantitative estimate of drug-likeness (QED) is 0.139. The van der Waals surface area contributed by atoms with Crippen molar-refractivity contribution in [3.05, 3.63) is 144 Å². The van der Waals surface area contributed by atoms with Gasteiger partial charge < -0.3 is 40.0 Å². The number of hydrogen-bond acceptors (Lipinski definition) is 14. The van der Waals surface area contributed by atoms with Crippen molar-refractivity contribution < 1.29 is 0 Å². The van der Waals surface area contributed by atoms with Crippen LogP contribution < -0.4 is 30.2 Å². The molecule has 8 heterocycles. The van der Waals surface area contributed by atoms with Crippen molar-refractivity contribution in [3.63, 3.8) is 0 Å². The molecule has 4 fully saturated rings. The van der Waals surface area contributed by atoms with Gasteiger partial charge in [0, 0.05) is 128 Å². The molecule has 0 saturated carbocycles. The maximum atomic E-state index is 9.19. The van der Waals surface area contributed by atoms with Gasteiger partial charge in [-0.25, -0.2) is 19.9 Å². The number of nitrogens with one attached hydrogen (secondary N) is 2. The maximum Gasteiger partial charge on any atom is 0.179 e. The molecule has 0 spiro atoms. The summed E-state index contributed by atoms with van der Waals surface area (Å²) < 4.78 is 0. The van der Waals surface area contributed by atoms with Crippen LogP contribution in [0.1, 0.15) is 105 Å². The first-order valence-corrected chi connectivity index (χ1v) is 27.0. The van der Waals surface area contributed by atoms with E-state index in [0.29, 0.717) is 12.1 Å². The molecular weight excluding hydrogens is 953 g/mol. The molecule has 12 rings (SSSR count). The first-order chi connectivity index (χ1) is 36.9. The third-order valence-corrected chi connectivity index (χ3v) is 15.2. The number of pyridine rings is 4. The predicted octanol–water partition coefficient (Wildman–Crippen LogP) is 11.9. The lowest BCUT2D eigenvalue weighted by molar-refractivity contribution is 0.374. The second-order valence-corrected chi connectivity index (χ2v) is 21.2. The van der Waals surface area contributed by atoms with Crippen molar-refractivity contribution >= 4 is 66.4 Å². The molecule has 14 nitrogen and oxygen atoms in total. The molecule has 77 heavy (non-hydrogen) atoms. The Balaban J connectivity index is 0.000000135. The van der Waals surface area contributed by atoms with E-state index in [2.05, 4.69) is 138 Å². The van der Waals surface area contributed by atoms with E-state index in [9.17, 15) is 10.5 Å². The number of fused-ring (bicyclic) bond motifs is 4. The van der Waals surface area contributed by atoms with Crippen LogP contribution >= 0.6 is 0 Å². The molecule has 8 aromatic rings. The van der Waals surface area contributed by atoms with Crippen LogP contribution in [0.25, 0.3) is 43.1 Å². The first-order valence-electron chi connectivity index (χ1n) is 27.0. The second kappa shape index (κ2) is 25.4. The van der Waals surface area contributed by atoms with Gasteiger partial charge in [0.1, 0.15) is 23.3 Å². The Morgan fingerprint density at radius 2 is 0.714 bits per heavy atom. The van der Waals surface area contributed by atoms with Gasteiger partial charge in [-0.05, 0) is 157 Å². The standard InChI is InChI=1S/2C16H18N4.2C15H19N3.CH4/c2*1-19(2)16-14-6-5-13(10-12(14)7-8-18-16)15-4-3-9-20(15)11-17;2*1-18(2)15-13-6-5-12(14-4-3-8-16-14)10-11(13)7-9-17-15;/h2*5-8,10,15H,3-4,9H2,1-2H3;2*5-7,9-10,14,16H,3-4,8H2,1-2H3;1H4/t2*15-;2*14-;/m1010./s1. The minimum absolute atomic E-state index is 0. The Kier molecular flexibility index (Phi) is 18.3. The average Bonchev–Trinajstić information content (AvgIpc) is 4.33. The molecule has 4 atom stereocenters. The molecule has 0 radical (unpaired) electrons. The van der Waals surface area contributed by atoms with E-state index in [1.54, 1.807) is 0 Å². The summed E-state index contributed by atoms with van der Waals surface area (Å²) in [4.78, 5) is 29.7. The Morgan fingerprint density at radius 3 is 0.987 bits per heavy atom. The Labute approximate surface area is 457 Å². The van der Waals surface area contributed by atoms with Gasteiger partial charge >= 0.3 is 0 Å². The molecule has 14 heteroatoms. The molecule has 0 amide bonds. The van der Waals surface area contributed by atoms with Crippen LogP contribution in [-0.2, 0) is 0 Å². The summed E-state index contributed by atoms with van der Waals surface area (Å²) in [7, 11) is 16.2. The van der Waals surface area contributed by atoms with E-state index in [1.807, 2.05) is 113 Å². The molecule has 0 unspecified atom stereocenters. The zero-order valence-electron chi connectivity index (χ0n) is 45.7. The highest BCUT2D eigenvalue weighted by molar-refractivity contribution is 5.95. The SMILES string of the molecule is C.CN(C)c1nccc2cc([C@@H]3CCCN3)ccc12.CN(C)c1nccc2cc([C@@H]3CCCN3C#N)ccc12.CN(C)c1nccc2cc([C@H]3CCCN3)ccc12.CN(C)c1nccc2cc([C@H]3CCCN3C#N)ccc12. The van der Waals surface area contributed by atoms with E-state index >= 15 is 0 Å². The Bertz CT molecular complexity index is 3120. The monoisotopic (exact) mass is 1030 g/mol. The van der Waals surface area contributed by atoms with Crippen LogP contribution in [0.4, 0.5) is 23.3 Å². The van der Waals surface area contributed by atoms with E-state index in [-0.39, 0.29) is 19.5 Å². The van der Waals surface area contributed by atoms with Crippen molar-refractivity contribution in [2.45, 2.75) is 83.0 Å². The third-order valence-electron chi connectivity index (χ3n) is 15.2. The van der Waals surface area contributed by atoms with Gasteiger partial charge in [-0.15, -0.1) is 0 Å². The molecule has 4 aromatic heterocycles. The normalized spacial score (nSPS) is 18.5. The predicted molar refractivity (Wildman–Crippen MR) is 320 cm³/mol. The molecule has 4 aliphatic heterocycles. The van der Waals surface area contributed by atoms with Gasteiger partial charge in [-0.3, -0.25) is 0 Å². The van der Waals surface area contributed by atoms with Crippen LogP contribution in [0.15, 0.2) is 122 Å². The zero-order chi connectivity index (χ0) is 53.3. The number of rotatable bonds is 8. The van der Waals surface area contributed by atoms with Crippen molar-refractivity contribution in [3.8, 4) is 12.4 Å². The van der Waals surface area contributed by atoms with Gasteiger partial charge in [0.25, 0.3) is 0 Å². The summed E-state index contributed by atoms with van der Waals surface area (Å²) in [6.07, 6.45) is 21.4. The van der Waals surface area contributed by atoms with Crippen molar-refractivity contribution in [2.75, 3.05) is 102 Å². The minimum atomic E-state index is 0. The van der Waals surface area contributed by atoms with Crippen LogP contribution in [0.5, 0.6) is 0 Å². The van der Waals surface area contributed by atoms with Gasteiger partial charge in [-0.2, -0.15) is 10.5 Å². The molecule has 400 valence electrons. The largest absolute Gasteiger partial charge is 0.362 e. The lowest BCUT2D eigenvalue weighted by Crippen LogP contribution is -2.17. The summed E-state index contributed by atoms with van der Waals surface area (Å²) in [5, 5.41) is 35.2. The zero-order valence-corrected chi connectivity index (χ0v) is 45.7. The molecule has 0 bridgehead atoms. The highest BCUT2D eigenvalue weighted by Gasteiger charge is 2.27. The van der Waals surface area contributed by atoms with E-state index in [1.165, 1.54) is 80.3 Å². The Hall–Kier alpha value is -7.78. The number of aromatic nitrogens is 4. The topological polar surface area (TPSA) is 143 Å². The molecule has 0 aliphatic carbocycles. The van der Waals surface area contributed by atoms with Crippen LogP contribution in [0.2, 0.25) is 0 Å². The third kappa shape index (κ3) is 12.6. The number of nitriles is 2. The van der Waals surface area contributed by atoms with Gasteiger partial charge in [0.2, 0.25) is 0 Å². The number of hydrogen-bond donors (Lipinski definition) is 2. The smallest absolute Gasteiger partial charge is 0.179 e.